The molecule has 0 saturated carbocycles. The van der Waals surface area contributed by atoms with E-state index in [9.17, 15) is 4.39 Å². The molecule has 3 heteroatoms. The first-order valence-electron chi connectivity index (χ1n) is 6.35. The van der Waals surface area contributed by atoms with Gasteiger partial charge < -0.3 is 10.1 Å². The Morgan fingerprint density at radius 3 is 3.12 bits per heavy atom. The maximum atomic E-state index is 13.1. The van der Waals surface area contributed by atoms with Crippen molar-refractivity contribution in [3.8, 4) is 5.75 Å². The molecule has 1 aliphatic heterocycles. The normalized spacial score (nSPS) is 20.9. The van der Waals surface area contributed by atoms with Gasteiger partial charge in [0.1, 0.15) is 11.6 Å². The molecule has 0 bridgehead atoms. The van der Waals surface area contributed by atoms with Crippen LogP contribution in [0.3, 0.4) is 0 Å². The van der Waals surface area contributed by atoms with Crippen molar-refractivity contribution in [3.05, 3.63) is 29.6 Å². The zero-order valence-corrected chi connectivity index (χ0v) is 10.3. The smallest absolute Gasteiger partial charge is 0.126 e. The summed E-state index contributed by atoms with van der Waals surface area (Å²) >= 11 is 0. The van der Waals surface area contributed by atoms with E-state index in [1.165, 1.54) is 25.3 Å². The van der Waals surface area contributed by atoms with E-state index >= 15 is 0 Å². The number of aryl methyl sites for hydroxylation is 1. The van der Waals surface area contributed by atoms with Crippen LogP contribution in [0.25, 0.3) is 0 Å². The number of halogens is 1. The quantitative estimate of drug-likeness (QED) is 0.872. The van der Waals surface area contributed by atoms with E-state index in [4.69, 9.17) is 4.74 Å². The number of ether oxygens (including phenoxy) is 1. The second kappa shape index (κ2) is 6.01. The summed E-state index contributed by atoms with van der Waals surface area (Å²) in [6.45, 7) is 4.62. The van der Waals surface area contributed by atoms with Gasteiger partial charge in [-0.1, -0.05) is 6.42 Å². The maximum Gasteiger partial charge on any atom is 0.126 e. The Hall–Kier alpha value is -1.09. The number of hydrogen-bond donors (Lipinski definition) is 1. The van der Waals surface area contributed by atoms with Crippen molar-refractivity contribution in [1.82, 2.24) is 5.32 Å². The van der Waals surface area contributed by atoms with E-state index in [0.29, 0.717) is 11.5 Å². The summed E-state index contributed by atoms with van der Waals surface area (Å²) in [6, 6.07) is 4.93. The third-order valence-corrected chi connectivity index (χ3v) is 3.26. The number of nitrogens with one attached hydrogen (secondary N) is 1. The van der Waals surface area contributed by atoms with Gasteiger partial charge in [-0.3, -0.25) is 0 Å². The molecule has 1 aliphatic rings. The van der Waals surface area contributed by atoms with Gasteiger partial charge in [-0.15, -0.1) is 0 Å². The van der Waals surface area contributed by atoms with Crippen LogP contribution in [0.1, 0.15) is 24.8 Å². The van der Waals surface area contributed by atoms with E-state index in [0.717, 1.165) is 25.4 Å². The number of rotatable bonds is 3. The summed E-state index contributed by atoms with van der Waals surface area (Å²) in [5.41, 5.74) is 0.640. The fraction of sp³-hybridized carbons (Fsp3) is 0.571. The first-order valence-corrected chi connectivity index (χ1v) is 6.35. The van der Waals surface area contributed by atoms with Crippen molar-refractivity contribution in [1.29, 1.82) is 0 Å². The lowest BCUT2D eigenvalue weighted by Gasteiger charge is -2.15. The third kappa shape index (κ3) is 3.70. The zero-order valence-electron chi connectivity index (χ0n) is 10.3. The Morgan fingerprint density at radius 2 is 2.29 bits per heavy atom. The van der Waals surface area contributed by atoms with Gasteiger partial charge >= 0.3 is 0 Å². The Bertz CT molecular complexity index is 359. The van der Waals surface area contributed by atoms with E-state index in [1.807, 2.05) is 0 Å². The van der Waals surface area contributed by atoms with Crippen LogP contribution in [0.5, 0.6) is 5.75 Å². The molecule has 0 amide bonds. The molecule has 2 nitrogen and oxygen atoms in total. The van der Waals surface area contributed by atoms with Gasteiger partial charge in [0.05, 0.1) is 6.61 Å². The summed E-state index contributed by atoms with van der Waals surface area (Å²) in [5.74, 6) is 1.17. The van der Waals surface area contributed by atoms with Gasteiger partial charge in [0.25, 0.3) is 0 Å². The molecule has 17 heavy (non-hydrogen) atoms. The molecule has 1 aromatic rings. The second-order valence-corrected chi connectivity index (χ2v) is 4.79. The molecule has 1 saturated heterocycles. The molecule has 0 aliphatic carbocycles. The summed E-state index contributed by atoms with van der Waals surface area (Å²) in [4.78, 5) is 0. The minimum Gasteiger partial charge on any atom is -0.493 e. The standard InChI is InChI=1S/C14H20FNO/c1-11-8-13(5-6-14(11)15)17-10-12-4-2-3-7-16-9-12/h5-6,8,12,16H,2-4,7,9-10H2,1H3. The zero-order chi connectivity index (χ0) is 12.1. The predicted molar refractivity (Wildman–Crippen MR) is 66.8 cm³/mol. The highest BCUT2D eigenvalue weighted by Crippen LogP contribution is 2.18. The van der Waals surface area contributed by atoms with Crippen molar-refractivity contribution in [2.24, 2.45) is 5.92 Å². The molecule has 0 radical (unpaired) electrons. The van der Waals surface area contributed by atoms with E-state index in [1.54, 1.807) is 19.1 Å². The van der Waals surface area contributed by atoms with Crippen molar-refractivity contribution < 1.29 is 9.13 Å². The Kier molecular flexibility index (Phi) is 4.37. The van der Waals surface area contributed by atoms with Crippen molar-refractivity contribution >= 4 is 0 Å². The largest absolute Gasteiger partial charge is 0.493 e. The van der Waals surface area contributed by atoms with Crippen LogP contribution in [0, 0.1) is 18.7 Å². The van der Waals surface area contributed by atoms with Gasteiger partial charge in [0.2, 0.25) is 0 Å². The Morgan fingerprint density at radius 1 is 1.41 bits per heavy atom. The van der Waals surface area contributed by atoms with Crippen LogP contribution in [-0.4, -0.2) is 19.7 Å². The second-order valence-electron chi connectivity index (χ2n) is 4.79. The average molecular weight is 237 g/mol. The van der Waals surface area contributed by atoms with Crippen molar-refractivity contribution in [3.63, 3.8) is 0 Å². The fourth-order valence-corrected chi connectivity index (χ4v) is 2.15. The molecular formula is C14H20FNO. The highest BCUT2D eigenvalue weighted by atomic mass is 19.1. The molecule has 1 atom stereocenters. The molecule has 1 unspecified atom stereocenters. The first kappa shape index (κ1) is 12.4. The van der Waals surface area contributed by atoms with Crippen LogP contribution in [0.15, 0.2) is 18.2 Å². The molecule has 2 rings (SSSR count). The fourth-order valence-electron chi connectivity index (χ4n) is 2.15. The molecule has 0 aromatic heterocycles. The van der Waals surface area contributed by atoms with Gasteiger partial charge in [-0.25, -0.2) is 4.39 Å². The number of hydrogen-bond acceptors (Lipinski definition) is 2. The summed E-state index contributed by atoms with van der Waals surface area (Å²) < 4.78 is 18.8. The third-order valence-electron chi connectivity index (χ3n) is 3.26. The first-order chi connectivity index (χ1) is 8.25. The van der Waals surface area contributed by atoms with Crippen LogP contribution < -0.4 is 10.1 Å². The van der Waals surface area contributed by atoms with Crippen LogP contribution in [0.4, 0.5) is 4.39 Å². The van der Waals surface area contributed by atoms with Gasteiger partial charge in [-0.2, -0.15) is 0 Å². The molecule has 1 fully saturated rings. The number of benzene rings is 1. The van der Waals surface area contributed by atoms with Gasteiger partial charge in [0.15, 0.2) is 0 Å². The van der Waals surface area contributed by atoms with Crippen molar-refractivity contribution in [2.75, 3.05) is 19.7 Å². The van der Waals surface area contributed by atoms with Crippen molar-refractivity contribution in [2.45, 2.75) is 26.2 Å². The minimum atomic E-state index is -0.173. The van der Waals surface area contributed by atoms with Gasteiger partial charge in [0, 0.05) is 12.5 Å². The maximum absolute atomic E-state index is 13.1. The minimum absolute atomic E-state index is 0.173. The lowest BCUT2D eigenvalue weighted by Crippen LogP contribution is -2.24. The Labute approximate surface area is 102 Å². The van der Waals surface area contributed by atoms with E-state index in [2.05, 4.69) is 5.32 Å². The highest BCUT2D eigenvalue weighted by Gasteiger charge is 2.12. The topological polar surface area (TPSA) is 21.3 Å². The van der Waals surface area contributed by atoms with Crippen LogP contribution >= 0.6 is 0 Å². The average Bonchev–Trinajstić information content (AvgIpc) is 2.59. The molecule has 94 valence electrons. The SMILES string of the molecule is Cc1cc(OCC2CCCCNC2)ccc1F. The molecule has 1 heterocycles. The molecule has 1 aromatic carbocycles. The van der Waals surface area contributed by atoms with Gasteiger partial charge in [-0.05, 0) is 50.1 Å². The molecular weight excluding hydrogens is 217 g/mol. The molecule has 0 spiro atoms. The monoisotopic (exact) mass is 237 g/mol. The summed E-state index contributed by atoms with van der Waals surface area (Å²) in [7, 11) is 0. The summed E-state index contributed by atoms with van der Waals surface area (Å²) in [6.07, 6.45) is 3.74. The lowest BCUT2D eigenvalue weighted by atomic mass is 10.1. The molecule has 1 N–H and O–H groups in total. The van der Waals surface area contributed by atoms with Crippen LogP contribution in [-0.2, 0) is 0 Å². The van der Waals surface area contributed by atoms with E-state index in [-0.39, 0.29) is 5.82 Å². The highest BCUT2D eigenvalue weighted by molar-refractivity contribution is 5.28. The lowest BCUT2D eigenvalue weighted by molar-refractivity contribution is 0.240. The summed E-state index contributed by atoms with van der Waals surface area (Å²) in [5, 5.41) is 3.41. The van der Waals surface area contributed by atoms with E-state index < -0.39 is 0 Å². The van der Waals surface area contributed by atoms with Crippen LogP contribution in [0.2, 0.25) is 0 Å². The Balaban J connectivity index is 1.85. The predicted octanol–water partition coefficient (Wildman–Crippen LogP) is 2.90.